The summed E-state index contributed by atoms with van der Waals surface area (Å²) in [6.45, 7) is 6.45. The molecule has 0 aliphatic heterocycles. The number of hydrogen-bond acceptors (Lipinski definition) is 6. The quantitative estimate of drug-likeness (QED) is 0.0262. The molecule has 0 bridgehead atoms. The maximum Gasteiger partial charge on any atom is 0.306 e. The third-order valence-corrected chi connectivity index (χ3v) is 11.9. The third kappa shape index (κ3) is 51.8. The van der Waals surface area contributed by atoms with Gasteiger partial charge in [-0.05, 0) is 96.3 Å². The standard InChI is InChI=1S/C60H104O6/c1-4-7-10-13-16-19-22-25-27-28-29-30-31-32-33-36-38-41-44-47-50-53-59(62)65-56-57(55-64-58(61)52-49-46-43-40-37-34-24-21-18-15-12-9-6-3)66-60(63)54-51-48-45-42-39-35-26-23-20-17-14-11-8-5-2/h9,12,18,21,23,26,28-29,34,37,43,46,57H,4-8,10-11,13-17,19-20,22,24-25,27,30-33,35-36,38-42,44-45,47-56H2,1-3H3/b12-9-,21-18-,26-23-,29-28-,37-34-,46-43-. The molecular weight excluding hydrogens is 817 g/mol. The Morgan fingerprint density at radius 3 is 1.02 bits per heavy atom. The van der Waals surface area contributed by atoms with Gasteiger partial charge in [-0.1, -0.05) is 229 Å². The predicted octanol–water partition coefficient (Wildman–Crippen LogP) is 18.6. The lowest BCUT2D eigenvalue weighted by atomic mass is 10.1. The Morgan fingerprint density at radius 2 is 0.621 bits per heavy atom. The van der Waals surface area contributed by atoms with E-state index in [-0.39, 0.29) is 37.5 Å². The van der Waals surface area contributed by atoms with E-state index in [2.05, 4.69) is 87.6 Å². The van der Waals surface area contributed by atoms with Crippen molar-refractivity contribution < 1.29 is 28.6 Å². The van der Waals surface area contributed by atoms with E-state index in [0.29, 0.717) is 19.3 Å². The molecule has 0 radical (unpaired) electrons. The predicted molar refractivity (Wildman–Crippen MR) is 284 cm³/mol. The minimum atomic E-state index is -0.808. The summed E-state index contributed by atoms with van der Waals surface area (Å²) in [5.41, 5.74) is 0. The van der Waals surface area contributed by atoms with Crippen molar-refractivity contribution in [1.29, 1.82) is 0 Å². The molecule has 0 N–H and O–H groups in total. The number of hydrogen-bond donors (Lipinski definition) is 0. The van der Waals surface area contributed by atoms with Gasteiger partial charge in [-0.3, -0.25) is 14.4 Å². The molecular formula is C60H104O6. The molecule has 66 heavy (non-hydrogen) atoms. The number of carbonyl (C=O) groups excluding carboxylic acids is 3. The van der Waals surface area contributed by atoms with Crippen LogP contribution in [0.5, 0.6) is 0 Å². The second-order valence-electron chi connectivity index (χ2n) is 18.5. The Morgan fingerprint density at radius 1 is 0.318 bits per heavy atom. The molecule has 0 aromatic rings. The fraction of sp³-hybridized carbons (Fsp3) is 0.750. The van der Waals surface area contributed by atoms with Gasteiger partial charge in [0.2, 0.25) is 0 Å². The van der Waals surface area contributed by atoms with Crippen LogP contribution in [-0.2, 0) is 28.6 Å². The van der Waals surface area contributed by atoms with Gasteiger partial charge >= 0.3 is 17.9 Å². The molecule has 0 aromatic heterocycles. The molecule has 1 unspecified atom stereocenters. The highest BCUT2D eigenvalue weighted by Gasteiger charge is 2.19. The van der Waals surface area contributed by atoms with Crippen LogP contribution in [0.3, 0.4) is 0 Å². The number of ether oxygens (including phenoxy) is 3. The Hall–Kier alpha value is -3.15. The minimum absolute atomic E-state index is 0.101. The summed E-state index contributed by atoms with van der Waals surface area (Å²) in [6.07, 6.45) is 69.1. The molecule has 0 saturated carbocycles. The fourth-order valence-corrected chi connectivity index (χ4v) is 7.74. The molecule has 0 aliphatic carbocycles. The highest BCUT2D eigenvalue weighted by Crippen LogP contribution is 2.15. The van der Waals surface area contributed by atoms with Crippen molar-refractivity contribution in [2.45, 2.75) is 277 Å². The Balaban J connectivity index is 4.38. The largest absolute Gasteiger partial charge is 0.462 e. The summed E-state index contributed by atoms with van der Waals surface area (Å²) in [6, 6.07) is 0. The van der Waals surface area contributed by atoms with E-state index in [9.17, 15) is 14.4 Å². The zero-order chi connectivity index (χ0) is 47.9. The molecule has 6 nitrogen and oxygen atoms in total. The molecule has 0 rings (SSSR count). The highest BCUT2D eigenvalue weighted by molar-refractivity contribution is 5.71. The molecule has 0 aromatic carbocycles. The van der Waals surface area contributed by atoms with Crippen LogP contribution >= 0.6 is 0 Å². The summed E-state index contributed by atoms with van der Waals surface area (Å²) in [5, 5.41) is 0. The number of allylic oxidation sites excluding steroid dienone is 12. The van der Waals surface area contributed by atoms with E-state index in [1.165, 1.54) is 148 Å². The van der Waals surface area contributed by atoms with E-state index in [4.69, 9.17) is 14.2 Å². The molecule has 6 heteroatoms. The van der Waals surface area contributed by atoms with E-state index in [1.54, 1.807) is 0 Å². The maximum atomic E-state index is 12.8. The topological polar surface area (TPSA) is 78.9 Å². The Bertz CT molecular complexity index is 1240. The van der Waals surface area contributed by atoms with Gasteiger partial charge in [0.1, 0.15) is 13.2 Å². The number of unbranched alkanes of at least 4 members (excludes halogenated alkanes) is 27. The van der Waals surface area contributed by atoms with Crippen LogP contribution in [0.15, 0.2) is 72.9 Å². The van der Waals surface area contributed by atoms with Crippen molar-refractivity contribution in [3.8, 4) is 0 Å². The van der Waals surface area contributed by atoms with E-state index >= 15 is 0 Å². The van der Waals surface area contributed by atoms with Gasteiger partial charge < -0.3 is 14.2 Å². The van der Waals surface area contributed by atoms with E-state index in [0.717, 1.165) is 77.0 Å². The molecule has 0 aliphatic rings. The van der Waals surface area contributed by atoms with Gasteiger partial charge in [0.05, 0.1) is 0 Å². The molecule has 0 amide bonds. The van der Waals surface area contributed by atoms with Gasteiger partial charge in [0.25, 0.3) is 0 Å². The average molecular weight is 921 g/mol. The van der Waals surface area contributed by atoms with Gasteiger partial charge in [-0.15, -0.1) is 0 Å². The number of carbonyl (C=O) groups is 3. The van der Waals surface area contributed by atoms with Crippen LogP contribution in [-0.4, -0.2) is 37.2 Å². The van der Waals surface area contributed by atoms with Crippen LogP contribution in [0.4, 0.5) is 0 Å². The van der Waals surface area contributed by atoms with Crippen molar-refractivity contribution in [1.82, 2.24) is 0 Å². The first-order chi connectivity index (χ1) is 32.5. The van der Waals surface area contributed by atoms with Crippen LogP contribution in [0, 0.1) is 0 Å². The zero-order valence-corrected chi connectivity index (χ0v) is 43.4. The number of esters is 3. The number of rotatable bonds is 50. The monoisotopic (exact) mass is 921 g/mol. The fourth-order valence-electron chi connectivity index (χ4n) is 7.74. The third-order valence-electron chi connectivity index (χ3n) is 11.9. The highest BCUT2D eigenvalue weighted by atomic mass is 16.6. The van der Waals surface area contributed by atoms with Gasteiger partial charge in [-0.25, -0.2) is 0 Å². The second-order valence-corrected chi connectivity index (χ2v) is 18.5. The summed E-state index contributed by atoms with van der Waals surface area (Å²) in [4.78, 5) is 38.0. The normalized spacial score (nSPS) is 12.6. The zero-order valence-electron chi connectivity index (χ0n) is 43.4. The maximum absolute atomic E-state index is 12.8. The van der Waals surface area contributed by atoms with Crippen LogP contribution in [0.2, 0.25) is 0 Å². The molecule has 0 spiro atoms. The Kier molecular flexibility index (Phi) is 51.9. The first-order valence-electron chi connectivity index (χ1n) is 27.9. The van der Waals surface area contributed by atoms with Crippen molar-refractivity contribution in [3.05, 3.63) is 72.9 Å². The molecule has 380 valence electrons. The van der Waals surface area contributed by atoms with Crippen LogP contribution in [0.25, 0.3) is 0 Å². The van der Waals surface area contributed by atoms with Crippen molar-refractivity contribution >= 4 is 17.9 Å². The summed E-state index contributed by atoms with van der Waals surface area (Å²) >= 11 is 0. The van der Waals surface area contributed by atoms with Crippen molar-refractivity contribution in [3.63, 3.8) is 0 Å². The van der Waals surface area contributed by atoms with Crippen LogP contribution < -0.4 is 0 Å². The lowest BCUT2D eigenvalue weighted by Gasteiger charge is -2.18. The molecule has 0 heterocycles. The summed E-state index contributed by atoms with van der Waals surface area (Å²) < 4.78 is 16.8. The SMILES string of the molecule is CC/C=C\C/C=C\C/C=C\C/C=C\CCC(=O)OCC(COC(=O)CCCCCCCCCCC/C=C\CCCCCCCCCC)OC(=O)CCCCCCC/C=C\CCCCCCC. The minimum Gasteiger partial charge on any atom is -0.462 e. The van der Waals surface area contributed by atoms with E-state index in [1.807, 2.05) is 6.08 Å². The second kappa shape index (κ2) is 54.5. The smallest absolute Gasteiger partial charge is 0.306 e. The summed E-state index contributed by atoms with van der Waals surface area (Å²) in [5.74, 6) is -0.992. The average Bonchev–Trinajstić information content (AvgIpc) is 3.31. The van der Waals surface area contributed by atoms with Crippen molar-refractivity contribution in [2.75, 3.05) is 13.2 Å². The summed E-state index contributed by atoms with van der Waals surface area (Å²) in [7, 11) is 0. The first-order valence-corrected chi connectivity index (χ1v) is 27.9. The molecule has 1 atom stereocenters. The van der Waals surface area contributed by atoms with Crippen molar-refractivity contribution in [2.24, 2.45) is 0 Å². The van der Waals surface area contributed by atoms with Gasteiger partial charge in [-0.2, -0.15) is 0 Å². The van der Waals surface area contributed by atoms with E-state index < -0.39 is 6.10 Å². The molecule has 0 saturated heterocycles. The lowest BCUT2D eigenvalue weighted by molar-refractivity contribution is -0.166. The lowest BCUT2D eigenvalue weighted by Crippen LogP contribution is -2.30. The van der Waals surface area contributed by atoms with Crippen LogP contribution in [0.1, 0.15) is 271 Å². The van der Waals surface area contributed by atoms with Gasteiger partial charge in [0, 0.05) is 19.3 Å². The molecule has 0 fully saturated rings. The Labute approximate surface area is 408 Å². The first kappa shape index (κ1) is 62.8. The van der Waals surface area contributed by atoms with Gasteiger partial charge in [0.15, 0.2) is 6.10 Å².